The van der Waals surface area contributed by atoms with Gasteiger partial charge >= 0.3 is 5.97 Å². The summed E-state index contributed by atoms with van der Waals surface area (Å²) in [4.78, 5) is 40.7. The van der Waals surface area contributed by atoms with E-state index in [4.69, 9.17) is 9.47 Å². The lowest BCUT2D eigenvalue weighted by Crippen LogP contribution is -2.41. The van der Waals surface area contributed by atoms with Crippen LogP contribution in [0.2, 0.25) is 0 Å². The Morgan fingerprint density at radius 1 is 1.16 bits per heavy atom. The Bertz CT molecular complexity index is 1000. The summed E-state index contributed by atoms with van der Waals surface area (Å²) in [7, 11) is 1.33. The lowest BCUT2D eigenvalue weighted by Gasteiger charge is -2.25. The van der Waals surface area contributed by atoms with Gasteiger partial charge in [0, 0.05) is 36.5 Å². The first-order chi connectivity index (χ1) is 15.3. The normalized spacial score (nSPS) is 15.6. The SMILES string of the molecule is CCn1c(C)c(C(=O)CN(CC2CCCO2)C(=O)c2ccc(C)cc2)c(C)c1C(=O)OC. The minimum Gasteiger partial charge on any atom is -0.464 e. The van der Waals surface area contributed by atoms with Crippen LogP contribution in [0.4, 0.5) is 0 Å². The van der Waals surface area contributed by atoms with Gasteiger partial charge in [-0.3, -0.25) is 9.59 Å². The van der Waals surface area contributed by atoms with Crippen molar-refractivity contribution in [1.29, 1.82) is 0 Å². The number of hydrogen-bond donors (Lipinski definition) is 0. The fraction of sp³-hybridized carbons (Fsp3) is 0.480. The summed E-state index contributed by atoms with van der Waals surface area (Å²) < 4.78 is 12.5. The molecular formula is C25H32N2O5. The number of amides is 1. The molecule has 172 valence electrons. The third-order valence-electron chi connectivity index (χ3n) is 6.11. The Morgan fingerprint density at radius 3 is 2.41 bits per heavy atom. The van der Waals surface area contributed by atoms with Crippen molar-refractivity contribution < 1.29 is 23.9 Å². The van der Waals surface area contributed by atoms with E-state index in [1.807, 2.05) is 32.9 Å². The number of rotatable bonds is 8. The minimum absolute atomic E-state index is 0.0785. The lowest BCUT2D eigenvalue weighted by atomic mass is 10.0. The molecule has 0 spiro atoms. The molecule has 1 atom stereocenters. The van der Waals surface area contributed by atoms with E-state index in [-0.39, 0.29) is 24.3 Å². The van der Waals surface area contributed by atoms with Crippen molar-refractivity contribution in [2.75, 3.05) is 26.8 Å². The van der Waals surface area contributed by atoms with Crippen molar-refractivity contribution in [1.82, 2.24) is 9.47 Å². The second kappa shape index (κ2) is 10.1. The number of benzene rings is 1. The number of ketones is 1. The quantitative estimate of drug-likeness (QED) is 0.462. The van der Waals surface area contributed by atoms with Crippen molar-refractivity contribution in [2.45, 2.75) is 53.2 Å². The smallest absolute Gasteiger partial charge is 0.354 e. The van der Waals surface area contributed by atoms with E-state index in [1.165, 1.54) is 7.11 Å². The van der Waals surface area contributed by atoms with Gasteiger partial charge in [-0.1, -0.05) is 17.7 Å². The van der Waals surface area contributed by atoms with Crippen LogP contribution in [-0.2, 0) is 16.0 Å². The maximum Gasteiger partial charge on any atom is 0.354 e. The van der Waals surface area contributed by atoms with E-state index in [2.05, 4.69) is 0 Å². The summed E-state index contributed by atoms with van der Waals surface area (Å²) in [5.74, 6) is -0.874. The molecule has 2 heterocycles. The highest BCUT2D eigenvalue weighted by Gasteiger charge is 2.30. The monoisotopic (exact) mass is 440 g/mol. The minimum atomic E-state index is -0.474. The van der Waals surface area contributed by atoms with Crippen LogP contribution in [0.15, 0.2) is 24.3 Å². The number of Topliss-reactive ketones (excluding diaryl/α,β-unsaturated/α-hetero) is 1. The molecule has 0 N–H and O–H groups in total. The first kappa shape index (κ1) is 23.7. The number of carbonyl (C=O) groups is 3. The van der Waals surface area contributed by atoms with Gasteiger partial charge in [-0.05, 0) is 58.2 Å². The second-order valence-electron chi connectivity index (χ2n) is 8.28. The van der Waals surface area contributed by atoms with E-state index in [9.17, 15) is 14.4 Å². The van der Waals surface area contributed by atoms with Crippen molar-refractivity contribution >= 4 is 17.7 Å². The predicted octanol–water partition coefficient (Wildman–Crippen LogP) is 3.72. The zero-order valence-corrected chi connectivity index (χ0v) is 19.6. The molecule has 1 fully saturated rings. The van der Waals surface area contributed by atoms with Crippen molar-refractivity contribution in [3.8, 4) is 0 Å². The standard InChI is InChI=1S/C25H32N2O5/c1-6-27-18(4)22(17(3)23(27)25(30)31-5)21(28)15-26(14-20-8-7-13-32-20)24(29)19-11-9-16(2)10-12-19/h9-12,20H,6-8,13-15H2,1-5H3. The number of carbonyl (C=O) groups excluding carboxylic acids is 3. The molecule has 1 aromatic carbocycles. The van der Waals surface area contributed by atoms with E-state index in [0.29, 0.717) is 47.8 Å². The summed E-state index contributed by atoms with van der Waals surface area (Å²) in [6.07, 6.45) is 1.73. The van der Waals surface area contributed by atoms with Crippen LogP contribution in [0.3, 0.4) is 0 Å². The molecule has 0 radical (unpaired) electrons. The Balaban J connectivity index is 1.92. The molecule has 1 aliphatic rings. The third-order valence-corrected chi connectivity index (χ3v) is 6.11. The number of aryl methyl sites for hydroxylation is 1. The summed E-state index contributed by atoms with van der Waals surface area (Å²) >= 11 is 0. The van der Waals surface area contributed by atoms with Crippen molar-refractivity contribution in [3.63, 3.8) is 0 Å². The van der Waals surface area contributed by atoms with Gasteiger partial charge in [0.1, 0.15) is 5.69 Å². The van der Waals surface area contributed by atoms with Crippen LogP contribution in [0.25, 0.3) is 0 Å². The van der Waals surface area contributed by atoms with Gasteiger partial charge in [-0.25, -0.2) is 4.79 Å². The highest BCUT2D eigenvalue weighted by molar-refractivity contribution is 6.06. The summed E-state index contributed by atoms with van der Waals surface area (Å²) in [6, 6.07) is 7.34. The van der Waals surface area contributed by atoms with Gasteiger partial charge in [0.25, 0.3) is 5.91 Å². The molecule has 7 nitrogen and oxygen atoms in total. The molecule has 3 rings (SSSR count). The van der Waals surface area contributed by atoms with E-state index >= 15 is 0 Å². The Kier molecular flexibility index (Phi) is 7.51. The van der Waals surface area contributed by atoms with Crippen LogP contribution in [0, 0.1) is 20.8 Å². The average Bonchev–Trinajstić information content (AvgIpc) is 3.37. The lowest BCUT2D eigenvalue weighted by molar-refractivity contribution is 0.0506. The van der Waals surface area contributed by atoms with Crippen LogP contribution in [-0.4, -0.2) is 60.0 Å². The molecular weight excluding hydrogens is 408 g/mol. The van der Waals surface area contributed by atoms with E-state index < -0.39 is 5.97 Å². The first-order valence-electron chi connectivity index (χ1n) is 11.1. The Labute approximate surface area is 189 Å². The molecule has 7 heteroatoms. The molecule has 1 aromatic heterocycles. The average molecular weight is 441 g/mol. The number of ether oxygens (including phenoxy) is 2. The largest absolute Gasteiger partial charge is 0.464 e. The van der Waals surface area contributed by atoms with Crippen LogP contribution in [0.5, 0.6) is 0 Å². The zero-order chi connectivity index (χ0) is 23.4. The number of methoxy groups -OCH3 is 1. The van der Waals surface area contributed by atoms with Crippen molar-refractivity contribution in [3.05, 3.63) is 57.9 Å². The van der Waals surface area contributed by atoms with Gasteiger partial charge in [-0.15, -0.1) is 0 Å². The number of nitrogens with zero attached hydrogens (tertiary/aromatic N) is 2. The number of esters is 1. The van der Waals surface area contributed by atoms with Crippen LogP contribution >= 0.6 is 0 Å². The van der Waals surface area contributed by atoms with Gasteiger partial charge in [0.05, 0.1) is 19.8 Å². The van der Waals surface area contributed by atoms with Gasteiger partial charge in [0.15, 0.2) is 5.78 Å². The van der Waals surface area contributed by atoms with Crippen LogP contribution < -0.4 is 0 Å². The third kappa shape index (κ3) is 4.78. The molecule has 1 saturated heterocycles. The fourth-order valence-corrected chi connectivity index (χ4v) is 4.45. The number of aromatic nitrogens is 1. The molecule has 2 aromatic rings. The summed E-state index contributed by atoms with van der Waals surface area (Å²) in [5, 5.41) is 0. The Morgan fingerprint density at radius 2 is 1.84 bits per heavy atom. The van der Waals surface area contributed by atoms with Gasteiger partial charge < -0.3 is 18.9 Å². The molecule has 1 aliphatic heterocycles. The molecule has 0 bridgehead atoms. The number of hydrogen-bond acceptors (Lipinski definition) is 5. The molecule has 0 aliphatic carbocycles. The maximum absolute atomic E-state index is 13.5. The van der Waals surface area contributed by atoms with Crippen LogP contribution in [0.1, 0.15) is 67.8 Å². The van der Waals surface area contributed by atoms with Gasteiger partial charge in [0.2, 0.25) is 0 Å². The highest BCUT2D eigenvalue weighted by Crippen LogP contribution is 2.25. The second-order valence-corrected chi connectivity index (χ2v) is 8.28. The maximum atomic E-state index is 13.5. The first-order valence-corrected chi connectivity index (χ1v) is 11.1. The van der Waals surface area contributed by atoms with E-state index in [0.717, 1.165) is 18.4 Å². The highest BCUT2D eigenvalue weighted by atomic mass is 16.5. The van der Waals surface area contributed by atoms with Crippen molar-refractivity contribution in [2.24, 2.45) is 0 Å². The predicted molar refractivity (Wildman–Crippen MR) is 121 cm³/mol. The zero-order valence-electron chi connectivity index (χ0n) is 19.6. The molecule has 0 saturated carbocycles. The summed E-state index contributed by atoms with van der Waals surface area (Å²) in [5.41, 5.74) is 3.74. The molecule has 1 unspecified atom stereocenters. The molecule has 32 heavy (non-hydrogen) atoms. The fourth-order valence-electron chi connectivity index (χ4n) is 4.45. The van der Waals surface area contributed by atoms with E-state index in [1.54, 1.807) is 28.5 Å². The Hall–Kier alpha value is -2.93. The topological polar surface area (TPSA) is 77.8 Å². The molecule has 1 amide bonds. The van der Waals surface area contributed by atoms with Gasteiger partial charge in [-0.2, -0.15) is 0 Å². The summed E-state index contributed by atoms with van der Waals surface area (Å²) in [6.45, 7) is 8.94.